The number of anilines is 2. The van der Waals surface area contributed by atoms with Gasteiger partial charge in [-0.25, -0.2) is 0 Å². The summed E-state index contributed by atoms with van der Waals surface area (Å²) in [6.45, 7) is 9.07. The molecule has 1 aliphatic heterocycles. The summed E-state index contributed by atoms with van der Waals surface area (Å²) in [5, 5.41) is 3.53. The Labute approximate surface area is 171 Å². The van der Waals surface area contributed by atoms with Crippen LogP contribution in [-0.4, -0.2) is 38.8 Å². The van der Waals surface area contributed by atoms with Crippen LogP contribution in [0.15, 0.2) is 36.4 Å². The second-order valence-electron chi connectivity index (χ2n) is 7.29. The van der Waals surface area contributed by atoms with Crippen molar-refractivity contribution >= 4 is 28.9 Å². The monoisotopic (exact) mass is 402 g/mol. The minimum absolute atomic E-state index is 0.0573. The third-order valence-corrected chi connectivity index (χ3v) is 4.97. The van der Waals surface area contributed by atoms with E-state index < -0.39 is 0 Å². The molecular formula is C22H27ClN2O3. The van der Waals surface area contributed by atoms with Crippen LogP contribution in [0.1, 0.15) is 30.9 Å². The van der Waals surface area contributed by atoms with Gasteiger partial charge in [0.1, 0.15) is 5.75 Å². The summed E-state index contributed by atoms with van der Waals surface area (Å²) in [5.74, 6) is 0.858. The van der Waals surface area contributed by atoms with Crippen molar-refractivity contribution in [2.75, 3.05) is 43.1 Å². The number of carbonyl (C=O) groups is 1. The Morgan fingerprint density at radius 1 is 1.21 bits per heavy atom. The molecule has 0 aliphatic carbocycles. The van der Waals surface area contributed by atoms with Gasteiger partial charge in [-0.1, -0.05) is 37.6 Å². The number of rotatable bonds is 6. The van der Waals surface area contributed by atoms with Crippen LogP contribution in [-0.2, 0) is 9.53 Å². The number of hydrogen-bond donors (Lipinski definition) is 1. The van der Waals surface area contributed by atoms with Gasteiger partial charge in [0.25, 0.3) is 5.91 Å². The lowest BCUT2D eigenvalue weighted by Crippen LogP contribution is -2.37. The van der Waals surface area contributed by atoms with Gasteiger partial charge in [-0.05, 0) is 48.2 Å². The Morgan fingerprint density at radius 2 is 1.96 bits per heavy atom. The lowest BCUT2D eigenvalue weighted by Gasteiger charge is -2.30. The van der Waals surface area contributed by atoms with Gasteiger partial charge in [-0.3, -0.25) is 4.79 Å². The topological polar surface area (TPSA) is 50.8 Å². The molecule has 1 aliphatic rings. The average Bonchev–Trinajstić information content (AvgIpc) is 2.67. The van der Waals surface area contributed by atoms with Crippen molar-refractivity contribution in [3.8, 4) is 5.75 Å². The molecule has 0 atom stereocenters. The van der Waals surface area contributed by atoms with Crippen LogP contribution in [0.3, 0.4) is 0 Å². The second kappa shape index (κ2) is 9.30. The Morgan fingerprint density at radius 3 is 2.68 bits per heavy atom. The number of nitrogens with one attached hydrogen (secondary N) is 1. The van der Waals surface area contributed by atoms with Gasteiger partial charge in [0.05, 0.1) is 24.6 Å². The lowest BCUT2D eigenvalue weighted by molar-refractivity contribution is -0.118. The zero-order valence-corrected chi connectivity index (χ0v) is 17.4. The standard InChI is InChI=1S/C22H27ClN2O3/c1-15(2)18-6-4-16(3)12-21(18)28-14-22(26)24-19-13-17(23)5-7-20(19)25-8-10-27-11-9-25/h4-7,12-13,15H,8-11,14H2,1-3H3,(H,24,26). The van der Waals surface area contributed by atoms with E-state index in [1.165, 1.54) is 0 Å². The van der Waals surface area contributed by atoms with Crippen molar-refractivity contribution in [2.24, 2.45) is 0 Å². The van der Waals surface area contributed by atoms with Crippen molar-refractivity contribution in [1.29, 1.82) is 0 Å². The smallest absolute Gasteiger partial charge is 0.262 e. The molecule has 0 radical (unpaired) electrons. The number of carbonyl (C=O) groups excluding carboxylic acids is 1. The Kier molecular flexibility index (Phi) is 6.81. The van der Waals surface area contributed by atoms with Gasteiger partial charge in [-0.15, -0.1) is 0 Å². The van der Waals surface area contributed by atoms with Gasteiger partial charge >= 0.3 is 0 Å². The highest BCUT2D eigenvalue weighted by Crippen LogP contribution is 2.30. The van der Waals surface area contributed by atoms with Crippen LogP contribution in [0.4, 0.5) is 11.4 Å². The van der Waals surface area contributed by atoms with Crippen molar-refractivity contribution in [3.05, 3.63) is 52.5 Å². The first-order chi connectivity index (χ1) is 13.4. The minimum Gasteiger partial charge on any atom is -0.483 e. The van der Waals surface area contributed by atoms with Crippen molar-refractivity contribution in [3.63, 3.8) is 0 Å². The average molecular weight is 403 g/mol. The van der Waals surface area contributed by atoms with Crippen molar-refractivity contribution < 1.29 is 14.3 Å². The maximum atomic E-state index is 12.6. The number of morpholine rings is 1. The van der Waals surface area contributed by atoms with Crippen LogP contribution >= 0.6 is 11.6 Å². The molecule has 2 aromatic rings. The molecule has 2 aromatic carbocycles. The summed E-state index contributed by atoms with van der Waals surface area (Å²) in [6, 6.07) is 11.6. The zero-order valence-electron chi connectivity index (χ0n) is 16.6. The third-order valence-electron chi connectivity index (χ3n) is 4.73. The minimum atomic E-state index is -0.215. The number of halogens is 1. The van der Waals surface area contributed by atoms with Crippen LogP contribution in [0.5, 0.6) is 5.75 Å². The molecular weight excluding hydrogens is 376 g/mol. The van der Waals surface area contributed by atoms with Gasteiger partial charge in [-0.2, -0.15) is 0 Å². The van der Waals surface area contributed by atoms with E-state index in [2.05, 4.69) is 36.2 Å². The molecule has 0 unspecified atom stereocenters. The highest BCUT2D eigenvalue weighted by Gasteiger charge is 2.17. The summed E-state index contributed by atoms with van der Waals surface area (Å²) in [5.41, 5.74) is 3.83. The highest BCUT2D eigenvalue weighted by molar-refractivity contribution is 6.31. The molecule has 0 spiro atoms. The molecule has 0 saturated carbocycles. The Balaban J connectivity index is 1.70. The van der Waals surface area contributed by atoms with Crippen molar-refractivity contribution in [2.45, 2.75) is 26.7 Å². The fourth-order valence-electron chi connectivity index (χ4n) is 3.26. The van der Waals surface area contributed by atoms with Crippen LogP contribution in [0.2, 0.25) is 5.02 Å². The van der Waals surface area contributed by atoms with E-state index in [1.807, 2.05) is 25.1 Å². The molecule has 150 valence electrons. The normalized spacial score (nSPS) is 14.2. The summed E-state index contributed by atoms with van der Waals surface area (Å²) < 4.78 is 11.3. The number of aryl methyl sites for hydroxylation is 1. The van der Waals surface area contributed by atoms with E-state index in [0.29, 0.717) is 29.8 Å². The predicted molar refractivity (Wildman–Crippen MR) is 114 cm³/mol. The Hall–Kier alpha value is -2.24. The van der Waals surface area contributed by atoms with E-state index >= 15 is 0 Å². The van der Waals surface area contributed by atoms with Crippen LogP contribution in [0.25, 0.3) is 0 Å². The number of nitrogens with zero attached hydrogens (tertiary/aromatic N) is 1. The van der Waals surface area contributed by atoms with Gasteiger partial charge in [0.2, 0.25) is 0 Å². The number of benzene rings is 2. The van der Waals surface area contributed by atoms with E-state index in [9.17, 15) is 4.79 Å². The molecule has 1 saturated heterocycles. The lowest BCUT2D eigenvalue weighted by atomic mass is 10.0. The molecule has 1 amide bonds. The first kappa shape index (κ1) is 20.5. The number of ether oxygens (including phenoxy) is 2. The third kappa shape index (κ3) is 5.18. The van der Waals surface area contributed by atoms with Crippen LogP contribution < -0.4 is 15.0 Å². The molecule has 3 rings (SSSR count). The number of hydrogen-bond acceptors (Lipinski definition) is 4. The molecule has 1 fully saturated rings. The van der Waals surface area contributed by atoms with E-state index in [4.69, 9.17) is 21.1 Å². The van der Waals surface area contributed by atoms with E-state index in [-0.39, 0.29) is 12.5 Å². The molecule has 0 bridgehead atoms. The van der Waals surface area contributed by atoms with E-state index in [1.54, 1.807) is 6.07 Å². The van der Waals surface area contributed by atoms with Crippen LogP contribution in [0, 0.1) is 6.92 Å². The van der Waals surface area contributed by atoms with Gasteiger partial charge < -0.3 is 19.7 Å². The number of amides is 1. The fraction of sp³-hybridized carbons (Fsp3) is 0.409. The Bertz CT molecular complexity index is 833. The molecule has 28 heavy (non-hydrogen) atoms. The predicted octanol–water partition coefficient (Wildman–Crippen LogP) is 4.63. The molecule has 1 N–H and O–H groups in total. The zero-order chi connectivity index (χ0) is 20.1. The highest BCUT2D eigenvalue weighted by atomic mass is 35.5. The van der Waals surface area contributed by atoms with Crippen molar-refractivity contribution in [1.82, 2.24) is 0 Å². The molecule has 6 heteroatoms. The first-order valence-electron chi connectivity index (χ1n) is 9.59. The summed E-state index contributed by atoms with van der Waals surface area (Å²) in [4.78, 5) is 14.8. The van der Waals surface area contributed by atoms with E-state index in [0.717, 1.165) is 35.7 Å². The fourth-order valence-corrected chi connectivity index (χ4v) is 3.43. The summed E-state index contributed by atoms with van der Waals surface area (Å²) >= 11 is 6.16. The SMILES string of the molecule is Cc1ccc(C(C)C)c(OCC(=O)Nc2cc(Cl)ccc2N2CCOCC2)c1. The maximum Gasteiger partial charge on any atom is 0.262 e. The first-order valence-corrected chi connectivity index (χ1v) is 9.97. The molecule has 0 aromatic heterocycles. The quantitative estimate of drug-likeness (QED) is 0.765. The van der Waals surface area contributed by atoms with Gasteiger partial charge in [0.15, 0.2) is 6.61 Å². The maximum absolute atomic E-state index is 12.6. The second-order valence-corrected chi connectivity index (χ2v) is 7.73. The summed E-state index contributed by atoms with van der Waals surface area (Å²) in [6.07, 6.45) is 0. The largest absolute Gasteiger partial charge is 0.483 e. The summed E-state index contributed by atoms with van der Waals surface area (Å²) in [7, 11) is 0. The molecule has 1 heterocycles. The van der Waals surface area contributed by atoms with Gasteiger partial charge in [0, 0.05) is 18.1 Å². The molecule has 5 nitrogen and oxygen atoms in total.